The number of aliphatic hydroxyl groups excluding tert-OH is 10. The number of anilines is 2. The molecule has 6 heterocycles. The van der Waals surface area contributed by atoms with Crippen LogP contribution in [0.3, 0.4) is 0 Å². The number of nitrogens with zero attached hydrogens (tertiary/aromatic N) is 4. The molecule has 46 heteroatoms. The number of amides is 1. The lowest BCUT2D eigenvalue weighted by molar-refractivity contribution is -0.334. The summed E-state index contributed by atoms with van der Waals surface area (Å²) < 4.78 is 75.4. The van der Waals surface area contributed by atoms with Gasteiger partial charge in [-0.1, -0.05) is 5.22 Å². The van der Waals surface area contributed by atoms with Crippen LogP contribution in [0, 0.1) is 12.8 Å². The number of Topliss-reactive ketones (excluding diaryl/α,β-unsaturated/α-hetero) is 2. The topological polar surface area (TPSA) is 699 Å². The molecule has 4 aromatic carbocycles. The number of hydrogen-bond acceptors (Lipinski definition) is 39. The number of fused-ring (bicyclic) bond motifs is 4. The quantitative estimate of drug-likeness (QED) is 0.00824. The normalized spacial score (nSPS) is 30.4. The van der Waals surface area contributed by atoms with Crippen molar-refractivity contribution < 1.29 is 172 Å². The number of aromatic hydroxyl groups is 4. The molecule has 45 nitrogen and oxygen atoms in total. The van der Waals surface area contributed by atoms with Crippen molar-refractivity contribution in [2.45, 2.75) is 241 Å². The Morgan fingerprint density at radius 3 is 1.60 bits per heavy atom. The van der Waals surface area contributed by atoms with Gasteiger partial charge in [0.1, 0.15) is 77.6 Å². The van der Waals surface area contributed by atoms with Gasteiger partial charge in [-0.3, -0.25) is 29.0 Å². The fourth-order valence-corrected chi connectivity index (χ4v) is 15.7. The highest BCUT2D eigenvalue weighted by Crippen LogP contribution is 2.49. The standard InChI is InChI=1S/C52H76O24.C22H28N4O6.C6H10N6O.H3O4P/c1-18-29(72-34-14-30(43(58)21(4)68-34)73-33-13-28(54)42(57)20(3)67-33)12-26-10-25-11-27(49(66-9)48(63)41(56)19(2)53)50(47(62)39(25)46(61)38(26)40(18)55)76-36-16-31(44(59)23(6)70-36)74-35-15-32(45(60)22(5)69-35)75-37-17-52(8,65)51(64)24(7)71-37;27-11-9-23-5-7-25-13-1-2-14(26-8-6-24-10-12-28)18-17(13)21(31)19-15(29)3-4-16(30)20(19)22(18)32;1-12(2)11-10-6-4(5(7)13)8-3-9-6;1-5(2,3)4/h10,12,19-24,27-28,30-37,41-45,49-51,53-61,64-65H,11,13-17H2,1-9H3;1-4,23-30H,5-12H2;3H,1-2H3,(H2,7,13)(H,8,9);(H3,1,2,3,4)/t19-,20-,21-,22-,23-,24-,27+,28-,30-,31-,32-,33+,34+,35+,36+,37+,41+,42-,43-,44-,45+,49+,50+,51-,52+;;;/m1.../s1. The number of hydrogen-bond donors (Lipinski definition) is 24. The van der Waals surface area contributed by atoms with E-state index in [9.17, 15) is 85.6 Å². The van der Waals surface area contributed by atoms with Crippen LogP contribution in [0.5, 0.6) is 28.7 Å². The number of aromatic nitrogens is 2. The average Bonchev–Trinajstić information content (AvgIpc) is 0.934. The van der Waals surface area contributed by atoms with E-state index in [1.807, 2.05) is 0 Å². The van der Waals surface area contributed by atoms with Gasteiger partial charge in [0.15, 0.2) is 42.4 Å². The maximum atomic E-state index is 15.0. The number of phosphoric acid groups is 1. The zero-order valence-electron chi connectivity index (χ0n) is 71.1. The van der Waals surface area contributed by atoms with E-state index < -0.39 is 201 Å². The molecule has 0 saturated carbocycles. The highest BCUT2D eigenvalue weighted by Gasteiger charge is 2.52. The van der Waals surface area contributed by atoms with Gasteiger partial charge in [-0.05, 0) is 109 Å². The van der Waals surface area contributed by atoms with Crippen molar-refractivity contribution in [2.75, 3.05) is 84.3 Å². The lowest BCUT2D eigenvalue weighted by Crippen LogP contribution is -2.58. The Morgan fingerprint density at radius 1 is 0.659 bits per heavy atom. The number of methoxy groups -OCH3 is 1. The molecule has 1 amide bonds. The third-order valence-corrected chi connectivity index (χ3v) is 22.2. The number of aliphatic hydroxyl groups is 11. The van der Waals surface area contributed by atoms with Crippen molar-refractivity contribution in [3.63, 3.8) is 0 Å². The fourth-order valence-electron chi connectivity index (χ4n) is 15.7. The zero-order valence-corrected chi connectivity index (χ0v) is 72.0. The molecule has 5 aromatic rings. The first kappa shape index (κ1) is 101. The third-order valence-electron chi connectivity index (χ3n) is 22.2. The number of carbonyl (C=O) groups excluding carboxylic acids is 5. The summed E-state index contributed by atoms with van der Waals surface area (Å²) >= 11 is 0. The van der Waals surface area contributed by atoms with E-state index in [-0.39, 0.29) is 130 Å². The Labute approximate surface area is 722 Å². The zero-order chi connectivity index (χ0) is 93.0. The Morgan fingerprint density at radius 2 is 1.13 bits per heavy atom. The van der Waals surface area contributed by atoms with Gasteiger partial charge in [0, 0.05) is 115 Å². The number of nitrogens with one attached hydrogen (secondary N) is 5. The predicted molar refractivity (Wildman–Crippen MR) is 438 cm³/mol. The first-order valence-corrected chi connectivity index (χ1v) is 42.3. The number of benzene rings is 4. The molecule has 2 aliphatic carbocycles. The van der Waals surface area contributed by atoms with Crippen LogP contribution >= 0.6 is 7.82 Å². The Balaban J connectivity index is 0.000000291. The van der Waals surface area contributed by atoms with Crippen LogP contribution in [0.15, 0.2) is 53.1 Å². The molecule has 126 heavy (non-hydrogen) atoms. The molecule has 5 saturated heterocycles. The number of imidazole rings is 1. The summed E-state index contributed by atoms with van der Waals surface area (Å²) in [5.74, 6) is -6.34. The van der Waals surface area contributed by atoms with E-state index in [0.717, 1.165) is 0 Å². The molecular weight excluding hydrogens is 1690 g/mol. The minimum absolute atomic E-state index is 0.00939. The molecule has 0 spiro atoms. The van der Waals surface area contributed by atoms with E-state index in [1.165, 1.54) is 70.4 Å². The predicted octanol–water partition coefficient (Wildman–Crippen LogP) is -1.25. The summed E-state index contributed by atoms with van der Waals surface area (Å²) in [5.41, 5.74) is 4.40. The number of aromatic amines is 1. The van der Waals surface area contributed by atoms with Crippen LogP contribution in [0.1, 0.15) is 144 Å². The summed E-state index contributed by atoms with van der Waals surface area (Å²) in [6.45, 7) is 14.9. The molecular formula is C80H117N10O35P. The van der Waals surface area contributed by atoms with Gasteiger partial charge < -0.3 is 175 Å². The van der Waals surface area contributed by atoms with Gasteiger partial charge >= 0.3 is 7.82 Å². The number of rotatable bonds is 30. The summed E-state index contributed by atoms with van der Waals surface area (Å²) in [6, 6.07) is 8.77. The number of primary amides is 1. The van der Waals surface area contributed by atoms with Crippen LogP contribution in [-0.2, 0) is 63.1 Å². The second kappa shape index (κ2) is 44.3. The van der Waals surface area contributed by atoms with Crippen LogP contribution in [0.25, 0.3) is 10.8 Å². The van der Waals surface area contributed by atoms with Crippen LogP contribution in [0.4, 0.5) is 17.2 Å². The van der Waals surface area contributed by atoms with E-state index in [2.05, 4.69) is 41.6 Å². The molecule has 12 rings (SSSR count). The van der Waals surface area contributed by atoms with Crippen molar-refractivity contribution in [3.8, 4) is 28.7 Å². The molecule has 0 radical (unpaired) electrons. The van der Waals surface area contributed by atoms with Gasteiger partial charge in [-0.2, -0.15) is 0 Å². The van der Waals surface area contributed by atoms with Crippen molar-refractivity contribution in [1.29, 1.82) is 0 Å². The highest BCUT2D eigenvalue weighted by atomic mass is 31.2. The number of H-pyrrole nitrogens is 1. The van der Waals surface area contributed by atoms with Gasteiger partial charge in [-0.25, -0.2) is 9.55 Å². The molecule has 5 aliphatic heterocycles. The minimum atomic E-state index is -4.64. The lowest BCUT2D eigenvalue weighted by Gasteiger charge is -2.46. The Hall–Kier alpha value is -8.31. The Bertz CT molecular complexity index is 4540. The number of nitrogens with two attached hydrogens (primary N) is 1. The van der Waals surface area contributed by atoms with Crippen LogP contribution in [0.2, 0.25) is 0 Å². The van der Waals surface area contributed by atoms with E-state index in [0.29, 0.717) is 50.6 Å². The maximum Gasteiger partial charge on any atom is 0.466 e. The summed E-state index contributed by atoms with van der Waals surface area (Å²) in [6.07, 6.45) is -25.7. The third kappa shape index (κ3) is 24.8. The molecule has 25 N–H and O–H groups in total. The summed E-state index contributed by atoms with van der Waals surface area (Å²) in [5, 5.41) is 180. The molecule has 702 valence electrons. The first-order chi connectivity index (χ1) is 59.3. The first-order valence-electron chi connectivity index (χ1n) is 40.8. The van der Waals surface area contributed by atoms with Crippen molar-refractivity contribution in [3.05, 3.63) is 87.4 Å². The smallest absolute Gasteiger partial charge is 0.466 e. The largest absolute Gasteiger partial charge is 0.507 e. The average molecular weight is 1810 g/mol. The highest BCUT2D eigenvalue weighted by molar-refractivity contribution is 7.45. The molecule has 0 bridgehead atoms. The number of carbonyl (C=O) groups is 5. The monoisotopic (exact) mass is 1810 g/mol. The maximum absolute atomic E-state index is 15.0. The van der Waals surface area contributed by atoms with Crippen molar-refractivity contribution in [2.24, 2.45) is 22.0 Å². The summed E-state index contributed by atoms with van der Waals surface area (Å²) in [4.78, 5) is 94.3. The van der Waals surface area contributed by atoms with Gasteiger partial charge in [0.2, 0.25) is 23.7 Å². The fraction of sp³-hybridized carbons (Fsp3) is 0.625. The number of phenols is 4. The van der Waals surface area contributed by atoms with Crippen molar-refractivity contribution in [1.82, 2.24) is 25.6 Å². The van der Waals surface area contributed by atoms with E-state index in [4.69, 9.17) is 87.3 Å². The second-order valence-electron chi connectivity index (χ2n) is 32.0. The molecule has 25 atom stereocenters. The number of ketones is 4. The molecule has 5 fully saturated rings. The molecule has 7 aliphatic rings. The van der Waals surface area contributed by atoms with Crippen molar-refractivity contribution >= 4 is 64.8 Å². The second-order valence-corrected chi connectivity index (χ2v) is 33.0. The molecule has 1 aromatic heterocycles. The van der Waals surface area contributed by atoms with Gasteiger partial charge in [0.05, 0.1) is 119 Å². The Kier molecular flexibility index (Phi) is 35.7. The van der Waals surface area contributed by atoms with E-state index in [1.54, 1.807) is 53.9 Å². The number of phenolic OH excluding ortho intramolecular Hbond substituents is 4. The lowest BCUT2D eigenvalue weighted by atomic mass is 9.75. The SMILES string of the molecule is CN(C)N=Nc1nc[nH]c1C(N)=O.CO[C@H](C(=O)[C@@H](O)[C@@H](C)O)[C@@H]1Cc2cc3cc(O[C@H]4C[C@@H](O[C@H]5C[C@@H](O)[C@H](O)[C@@H](C)O5)[C@H](O)[C@@H](C)O4)c(C)c(O)c3c(O)c2C(=O)[C@H]1O[C@H]1C[C@@H](O[C@H]2C[C@@H](O[C@H]3C[C@](C)(O)[C@H](O)[C@@H](C)O3)[C@@H](O)[C@@H](C)O2)[C@H](O)[C@@H](C)O1.O=C1c2c(O)ccc(O)c2C(=O)c2c(NCCNCCO)ccc(NCCNCCO)c21.O=P(O)(O)O. The van der Waals surface area contributed by atoms with Crippen LogP contribution in [-0.4, -0.2) is 356 Å². The molecule has 0 unspecified atom stereocenters. The van der Waals surface area contributed by atoms with Gasteiger partial charge in [-0.15, -0.1) is 5.11 Å². The van der Waals surface area contributed by atoms with Crippen LogP contribution < -0.4 is 31.7 Å². The van der Waals surface area contributed by atoms with Gasteiger partial charge in [0.25, 0.3) is 5.91 Å². The summed E-state index contributed by atoms with van der Waals surface area (Å²) in [7, 11) is -0.0403. The number of ether oxygens (including phenoxy) is 11. The minimum Gasteiger partial charge on any atom is -0.507 e. The van der Waals surface area contributed by atoms with E-state index >= 15 is 4.79 Å².